The summed E-state index contributed by atoms with van der Waals surface area (Å²) in [5, 5.41) is 2.84. The second-order valence-corrected chi connectivity index (χ2v) is 5.50. The highest BCUT2D eigenvalue weighted by Crippen LogP contribution is 2.20. The van der Waals surface area contributed by atoms with Gasteiger partial charge in [0, 0.05) is 18.0 Å². The van der Waals surface area contributed by atoms with Crippen molar-refractivity contribution >= 4 is 27.5 Å². The van der Waals surface area contributed by atoms with Gasteiger partial charge in [0.1, 0.15) is 10.4 Å². The second-order valence-electron chi connectivity index (χ2n) is 4.69. The van der Waals surface area contributed by atoms with Crippen LogP contribution in [0.5, 0.6) is 5.75 Å². The average molecular weight is 349 g/mol. The van der Waals surface area contributed by atoms with Crippen LogP contribution in [0.15, 0.2) is 47.2 Å². The maximum atomic E-state index is 12.1. The van der Waals surface area contributed by atoms with Crippen molar-refractivity contribution < 1.29 is 9.53 Å². The van der Waals surface area contributed by atoms with E-state index in [0.29, 0.717) is 15.9 Å². The first-order valence-corrected chi connectivity index (χ1v) is 7.57. The van der Waals surface area contributed by atoms with Gasteiger partial charge in [-0.1, -0.05) is 13.0 Å². The van der Waals surface area contributed by atoms with Crippen molar-refractivity contribution in [2.45, 2.75) is 26.4 Å². The van der Waals surface area contributed by atoms with E-state index in [1.54, 1.807) is 12.1 Å². The number of aromatic nitrogens is 1. The minimum absolute atomic E-state index is 0.145. The number of pyridine rings is 1. The minimum atomic E-state index is -0.198. The van der Waals surface area contributed by atoms with Crippen LogP contribution in [0, 0.1) is 0 Å². The fraction of sp³-hybridized carbons (Fsp3) is 0.250. The van der Waals surface area contributed by atoms with E-state index in [-0.39, 0.29) is 12.0 Å². The monoisotopic (exact) mass is 348 g/mol. The number of hydrogen-bond acceptors (Lipinski definition) is 3. The predicted molar refractivity (Wildman–Crippen MR) is 86.7 cm³/mol. The van der Waals surface area contributed by atoms with Gasteiger partial charge >= 0.3 is 0 Å². The van der Waals surface area contributed by atoms with Gasteiger partial charge in [0.05, 0.1) is 11.7 Å². The number of hydrogen-bond donors (Lipinski definition) is 1. The van der Waals surface area contributed by atoms with Crippen molar-refractivity contribution in [3.8, 4) is 5.75 Å². The zero-order valence-electron chi connectivity index (χ0n) is 12.0. The fourth-order valence-corrected chi connectivity index (χ4v) is 1.91. The molecule has 0 bridgehead atoms. The molecule has 1 heterocycles. The van der Waals surface area contributed by atoms with Crippen LogP contribution >= 0.6 is 15.9 Å². The smallest absolute Gasteiger partial charge is 0.257 e. The van der Waals surface area contributed by atoms with Crippen LogP contribution < -0.4 is 10.1 Å². The van der Waals surface area contributed by atoms with Gasteiger partial charge in [0.25, 0.3) is 5.91 Å². The summed E-state index contributed by atoms with van der Waals surface area (Å²) in [6.45, 7) is 4.08. The molecule has 5 heteroatoms. The van der Waals surface area contributed by atoms with Crippen molar-refractivity contribution in [1.82, 2.24) is 4.98 Å². The predicted octanol–water partition coefficient (Wildman–Crippen LogP) is 4.27. The Labute approximate surface area is 132 Å². The zero-order valence-corrected chi connectivity index (χ0v) is 13.6. The van der Waals surface area contributed by atoms with Gasteiger partial charge in [0.2, 0.25) is 0 Å². The largest absolute Gasteiger partial charge is 0.491 e. The number of ether oxygens (including phenoxy) is 1. The highest BCUT2D eigenvalue weighted by atomic mass is 79.9. The van der Waals surface area contributed by atoms with E-state index in [4.69, 9.17) is 4.74 Å². The Morgan fingerprint density at radius 3 is 2.86 bits per heavy atom. The molecule has 0 spiro atoms. The number of halogens is 1. The summed E-state index contributed by atoms with van der Waals surface area (Å²) in [6.07, 6.45) is 2.60. The van der Waals surface area contributed by atoms with Crippen molar-refractivity contribution in [2.75, 3.05) is 5.32 Å². The summed E-state index contributed by atoms with van der Waals surface area (Å²) < 4.78 is 6.43. The molecule has 110 valence electrons. The lowest BCUT2D eigenvalue weighted by atomic mass is 10.2. The molecule has 0 aliphatic carbocycles. The van der Waals surface area contributed by atoms with Gasteiger partial charge in [-0.25, -0.2) is 4.98 Å². The minimum Gasteiger partial charge on any atom is -0.491 e. The molecule has 0 radical (unpaired) electrons. The maximum absolute atomic E-state index is 12.1. The molecule has 1 unspecified atom stereocenters. The number of nitrogens with one attached hydrogen (secondary N) is 1. The van der Waals surface area contributed by atoms with E-state index in [1.165, 1.54) is 6.20 Å². The molecule has 0 fully saturated rings. The van der Waals surface area contributed by atoms with Gasteiger partial charge in [-0.3, -0.25) is 4.79 Å². The molecule has 21 heavy (non-hydrogen) atoms. The van der Waals surface area contributed by atoms with Crippen LogP contribution in [-0.4, -0.2) is 17.0 Å². The normalized spacial score (nSPS) is 11.8. The number of carbonyl (C=O) groups is 1. The molecule has 1 amide bonds. The molecule has 0 aliphatic rings. The lowest BCUT2D eigenvalue weighted by Crippen LogP contribution is -2.13. The number of nitrogens with zero attached hydrogens (tertiary/aromatic N) is 1. The number of anilines is 1. The van der Waals surface area contributed by atoms with Crippen molar-refractivity contribution in [3.63, 3.8) is 0 Å². The summed E-state index contributed by atoms with van der Waals surface area (Å²) in [5.41, 5.74) is 1.20. The van der Waals surface area contributed by atoms with E-state index in [1.807, 2.05) is 31.2 Å². The Balaban J connectivity index is 2.07. The highest BCUT2D eigenvalue weighted by Gasteiger charge is 2.08. The molecule has 2 aromatic rings. The molecule has 4 nitrogen and oxygen atoms in total. The molecule has 1 aromatic heterocycles. The molecule has 0 aliphatic heterocycles. The van der Waals surface area contributed by atoms with Crippen molar-refractivity contribution in [3.05, 3.63) is 52.8 Å². The molecule has 1 N–H and O–H groups in total. The number of rotatable bonds is 5. The van der Waals surface area contributed by atoms with Gasteiger partial charge in [-0.15, -0.1) is 0 Å². The van der Waals surface area contributed by atoms with E-state index < -0.39 is 0 Å². The van der Waals surface area contributed by atoms with Crippen molar-refractivity contribution in [1.29, 1.82) is 0 Å². The van der Waals surface area contributed by atoms with Gasteiger partial charge in [0.15, 0.2) is 0 Å². The maximum Gasteiger partial charge on any atom is 0.257 e. The summed E-state index contributed by atoms with van der Waals surface area (Å²) >= 11 is 3.24. The SMILES string of the molecule is CCC(C)Oc1cccc(NC(=O)c2ccc(Br)nc2)c1. The zero-order chi connectivity index (χ0) is 15.2. The van der Waals surface area contributed by atoms with E-state index in [2.05, 4.69) is 33.2 Å². The van der Waals surface area contributed by atoms with Crippen LogP contribution in [0.25, 0.3) is 0 Å². The summed E-state index contributed by atoms with van der Waals surface area (Å²) in [7, 11) is 0. The molecular weight excluding hydrogens is 332 g/mol. The lowest BCUT2D eigenvalue weighted by Gasteiger charge is -2.13. The van der Waals surface area contributed by atoms with Crippen LogP contribution in [-0.2, 0) is 0 Å². The summed E-state index contributed by atoms with van der Waals surface area (Å²) in [4.78, 5) is 16.1. The fourth-order valence-electron chi connectivity index (χ4n) is 1.68. The number of amides is 1. The van der Waals surface area contributed by atoms with Crippen molar-refractivity contribution in [2.24, 2.45) is 0 Å². The molecule has 0 saturated carbocycles. The summed E-state index contributed by atoms with van der Waals surface area (Å²) in [5.74, 6) is 0.548. The van der Waals surface area contributed by atoms with E-state index in [0.717, 1.165) is 12.2 Å². The Kier molecular flexibility index (Phi) is 5.33. The number of carbonyl (C=O) groups excluding carboxylic acids is 1. The quantitative estimate of drug-likeness (QED) is 0.820. The molecule has 1 aromatic carbocycles. The Hall–Kier alpha value is -1.88. The second kappa shape index (κ2) is 7.22. The molecule has 2 rings (SSSR count). The molecule has 1 atom stereocenters. The Morgan fingerprint density at radius 1 is 1.38 bits per heavy atom. The van der Waals surface area contributed by atoms with E-state index >= 15 is 0 Å². The lowest BCUT2D eigenvalue weighted by molar-refractivity contribution is 0.102. The number of benzene rings is 1. The topological polar surface area (TPSA) is 51.2 Å². The third kappa shape index (κ3) is 4.56. The van der Waals surface area contributed by atoms with Gasteiger partial charge in [-0.05, 0) is 53.5 Å². The van der Waals surface area contributed by atoms with Gasteiger partial charge in [-0.2, -0.15) is 0 Å². The Morgan fingerprint density at radius 2 is 2.19 bits per heavy atom. The van der Waals surface area contributed by atoms with Crippen LogP contribution in [0.4, 0.5) is 5.69 Å². The highest BCUT2D eigenvalue weighted by molar-refractivity contribution is 9.10. The standard InChI is InChI=1S/C16H17BrN2O2/c1-3-11(2)21-14-6-4-5-13(9-14)19-16(20)12-7-8-15(17)18-10-12/h4-11H,3H2,1-2H3,(H,19,20). The third-order valence-electron chi connectivity index (χ3n) is 2.99. The molecular formula is C16H17BrN2O2. The summed E-state index contributed by atoms with van der Waals surface area (Å²) in [6, 6.07) is 10.8. The average Bonchev–Trinajstić information content (AvgIpc) is 2.48. The van der Waals surface area contributed by atoms with E-state index in [9.17, 15) is 4.79 Å². The van der Waals surface area contributed by atoms with Crippen LogP contribution in [0.2, 0.25) is 0 Å². The van der Waals surface area contributed by atoms with Gasteiger partial charge < -0.3 is 10.1 Å². The first-order chi connectivity index (χ1) is 10.1. The molecule has 0 saturated heterocycles. The van der Waals surface area contributed by atoms with Crippen LogP contribution in [0.3, 0.4) is 0 Å². The third-order valence-corrected chi connectivity index (χ3v) is 3.46. The Bertz CT molecular complexity index is 614. The van der Waals surface area contributed by atoms with Crippen LogP contribution in [0.1, 0.15) is 30.6 Å². The first-order valence-electron chi connectivity index (χ1n) is 6.78. The first kappa shape index (κ1) is 15.5.